The van der Waals surface area contributed by atoms with Crippen LogP contribution in [0, 0.1) is 0 Å². The quantitative estimate of drug-likeness (QED) is 0.874. The summed E-state index contributed by atoms with van der Waals surface area (Å²) >= 11 is 0. The Morgan fingerprint density at radius 3 is 2.33 bits per heavy atom. The molecular weight excluding hydrogens is 243 g/mol. The topological polar surface area (TPSA) is 32.3 Å². The van der Waals surface area contributed by atoms with Crippen LogP contribution >= 0.6 is 0 Å². The van der Waals surface area contributed by atoms with Gasteiger partial charge in [0.05, 0.1) is 11.7 Å². The molecule has 0 radical (unpaired) electrons. The molecule has 0 aromatic heterocycles. The molecule has 5 heteroatoms. The minimum absolute atomic E-state index is 0.0623. The molecule has 18 heavy (non-hydrogen) atoms. The zero-order chi connectivity index (χ0) is 13.2. The van der Waals surface area contributed by atoms with E-state index in [9.17, 15) is 18.3 Å². The predicted octanol–water partition coefficient (Wildman–Crippen LogP) is 2.71. The van der Waals surface area contributed by atoms with Crippen LogP contribution in [-0.2, 0) is 12.7 Å². The fourth-order valence-electron chi connectivity index (χ4n) is 2.24. The summed E-state index contributed by atoms with van der Waals surface area (Å²) in [4.78, 5) is 0. The maximum atomic E-state index is 12.4. The van der Waals surface area contributed by atoms with E-state index in [0.717, 1.165) is 37.0 Å². The third-order valence-corrected chi connectivity index (χ3v) is 3.33. The third-order valence-electron chi connectivity index (χ3n) is 3.33. The molecule has 1 fully saturated rings. The van der Waals surface area contributed by atoms with Crippen molar-refractivity contribution in [2.45, 2.75) is 44.1 Å². The molecule has 0 aliphatic heterocycles. The van der Waals surface area contributed by atoms with Crippen molar-refractivity contribution in [1.29, 1.82) is 0 Å². The van der Waals surface area contributed by atoms with E-state index in [1.807, 2.05) is 0 Å². The van der Waals surface area contributed by atoms with Crippen LogP contribution in [0.3, 0.4) is 0 Å². The lowest BCUT2D eigenvalue weighted by Crippen LogP contribution is -2.35. The van der Waals surface area contributed by atoms with Gasteiger partial charge in [-0.2, -0.15) is 13.2 Å². The van der Waals surface area contributed by atoms with E-state index in [2.05, 4.69) is 5.32 Å². The van der Waals surface area contributed by atoms with E-state index in [-0.39, 0.29) is 12.1 Å². The van der Waals surface area contributed by atoms with Crippen molar-refractivity contribution in [2.24, 2.45) is 0 Å². The Hall–Kier alpha value is -1.07. The van der Waals surface area contributed by atoms with Gasteiger partial charge in [0.15, 0.2) is 0 Å². The normalized spacial score (nSPS) is 24.4. The lowest BCUT2D eigenvalue weighted by molar-refractivity contribution is -0.137. The van der Waals surface area contributed by atoms with Gasteiger partial charge in [-0.15, -0.1) is 0 Å². The first-order chi connectivity index (χ1) is 8.47. The predicted molar refractivity (Wildman–Crippen MR) is 61.9 cm³/mol. The van der Waals surface area contributed by atoms with Gasteiger partial charge in [-0.25, -0.2) is 0 Å². The molecule has 2 unspecified atom stereocenters. The molecular formula is C13H16F3NO. The van der Waals surface area contributed by atoms with E-state index in [1.54, 1.807) is 0 Å². The number of hydrogen-bond acceptors (Lipinski definition) is 2. The standard InChI is InChI=1S/C13H16F3NO/c14-13(15,16)10-6-4-9(5-7-10)8-17-11-2-1-3-12(11)18/h4-7,11-12,17-18H,1-3,8H2. The monoisotopic (exact) mass is 259 g/mol. The highest BCUT2D eigenvalue weighted by Gasteiger charge is 2.30. The number of benzene rings is 1. The molecule has 2 nitrogen and oxygen atoms in total. The van der Waals surface area contributed by atoms with Crippen molar-refractivity contribution >= 4 is 0 Å². The molecule has 2 rings (SSSR count). The summed E-state index contributed by atoms with van der Waals surface area (Å²) in [5, 5.41) is 12.8. The van der Waals surface area contributed by atoms with Crippen molar-refractivity contribution in [3.8, 4) is 0 Å². The van der Waals surface area contributed by atoms with Gasteiger partial charge in [0.2, 0.25) is 0 Å². The van der Waals surface area contributed by atoms with Gasteiger partial charge >= 0.3 is 6.18 Å². The van der Waals surface area contributed by atoms with E-state index < -0.39 is 11.7 Å². The third kappa shape index (κ3) is 3.23. The second kappa shape index (κ2) is 5.28. The Balaban J connectivity index is 1.90. The number of halogens is 3. The number of aliphatic hydroxyl groups excluding tert-OH is 1. The molecule has 1 saturated carbocycles. The minimum Gasteiger partial charge on any atom is -0.392 e. The van der Waals surface area contributed by atoms with Crippen LogP contribution in [-0.4, -0.2) is 17.3 Å². The van der Waals surface area contributed by atoms with Crippen molar-refractivity contribution in [1.82, 2.24) is 5.32 Å². The summed E-state index contributed by atoms with van der Waals surface area (Å²) in [6.07, 6.45) is -1.91. The van der Waals surface area contributed by atoms with Crippen LogP contribution in [0.25, 0.3) is 0 Å². The van der Waals surface area contributed by atoms with Gasteiger partial charge < -0.3 is 10.4 Å². The van der Waals surface area contributed by atoms with E-state index in [0.29, 0.717) is 6.54 Å². The van der Waals surface area contributed by atoms with Crippen LogP contribution in [0.15, 0.2) is 24.3 Å². The first-order valence-corrected chi connectivity index (χ1v) is 6.04. The molecule has 0 spiro atoms. The summed E-state index contributed by atoms with van der Waals surface area (Å²) < 4.78 is 37.1. The zero-order valence-electron chi connectivity index (χ0n) is 9.87. The maximum Gasteiger partial charge on any atom is 0.416 e. The van der Waals surface area contributed by atoms with Gasteiger partial charge in [0.25, 0.3) is 0 Å². The molecule has 0 amide bonds. The SMILES string of the molecule is OC1CCCC1NCc1ccc(C(F)(F)F)cc1. The number of aliphatic hydroxyl groups is 1. The molecule has 1 aromatic carbocycles. The Bertz CT molecular complexity index is 388. The number of nitrogens with one attached hydrogen (secondary N) is 1. The first kappa shape index (κ1) is 13.4. The molecule has 2 atom stereocenters. The maximum absolute atomic E-state index is 12.4. The van der Waals surface area contributed by atoms with Gasteiger partial charge in [-0.3, -0.25) is 0 Å². The number of rotatable bonds is 3. The highest BCUT2D eigenvalue weighted by atomic mass is 19.4. The van der Waals surface area contributed by atoms with Crippen molar-refractivity contribution in [2.75, 3.05) is 0 Å². The van der Waals surface area contributed by atoms with Crippen LogP contribution in [0.1, 0.15) is 30.4 Å². The molecule has 1 aliphatic carbocycles. The van der Waals surface area contributed by atoms with Crippen LogP contribution in [0.4, 0.5) is 13.2 Å². The molecule has 0 heterocycles. The lowest BCUT2D eigenvalue weighted by Gasteiger charge is -2.16. The van der Waals surface area contributed by atoms with E-state index in [1.165, 1.54) is 12.1 Å². The smallest absolute Gasteiger partial charge is 0.392 e. The van der Waals surface area contributed by atoms with Crippen LogP contribution in [0.5, 0.6) is 0 Å². The average Bonchev–Trinajstić information content (AvgIpc) is 2.72. The zero-order valence-corrected chi connectivity index (χ0v) is 9.87. The summed E-state index contributed by atoms with van der Waals surface area (Å²) in [6.45, 7) is 0.486. The van der Waals surface area contributed by atoms with Gasteiger partial charge in [0.1, 0.15) is 0 Å². The molecule has 1 aliphatic rings. The lowest BCUT2D eigenvalue weighted by atomic mass is 10.1. The summed E-state index contributed by atoms with van der Waals surface area (Å²) in [7, 11) is 0. The fraction of sp³-hybridized carbons (Fsp3) is 0.538. The second-order valence-electron chi connectivity index (χ2n) is 4.68. The second-order valence-corrected chi connectivity index (χ2v) is 4.68. The Morgan fingerprint density at radius 1 is 1.17 bits per heavy atom. The number of alkyl halides is 3. The van der Waals surface area contributed by atoms with Crippen molar-refractivity contribution < 1.29 is 18.3 Å². The molecule has 0 saturated heterocycles. The molecule has 0 bridgehead atoms. The first-order valence-electron chi connectivity index (χ1n) is 6.04. The minimum atomic E-state index is -4.28. The summed E-state index contributed by atoms with van der Waals surface area (Å²) in [5.41, 5.74) is 0.161. The Labute approximate surface area is 104 Å². The molecule has 2 N–H and O–H groups in total. The number of hydrogen-bond donors (Lipinski definition) is 2. The van der Waals surface area contributed by atoms with Gasteiger partial charge in [-0.05, 0) is 37.0 Å². The van der Waals surface area contributed by atoms with E-state index in [4.69, 9.17) is 0 Å². The Morgan fingerprint density at radius 2 is 1.83 bits per heavy atom. The van der Waals surface area contributed by atoms with E-state index >= 15 is 0 Å². The summed E-state index contributed by atoms with van der Waals surface area (Å²) in [5.74, 6) is 0. The Kier molecular flexibility index (Phi) is 3.92. The highest BCUT2D eigenvalue weighted by Crippen LogP contribution is 2.29. The highest BCUT2D eigenvalue weighted by molar-refractivity contribution is 5.24. The van der Waals surface area contributed by atoms with Gasteiger partial charge in [-0.1, -0.05) is 12.1 Å². The fourth-order valence-corrected chi connectivity index (χ4v) is 2.24. The largest absolute Gasteiger partial charge is 0.416 e. The van der Waals surface area contributed by atoms with Crippen molar-refractivity contribution in [3.63, 3.8) is 0 Å². The van der Waals surface area contributed by atoms with Crippen LogP contribution < -0.4 is 5.32 Å². The summed E-state index contributed by atoms with van der Waals surface area (Å²) in [6, 6.07) is 5.17. The van der Waals surface area contributed by atoms with Crippen LogP contribution in [0.2, 0.25) is 0 Å². The average molecular weight is 259 g/mol. The van der Waals surface area contributed by atoms with Crippen molar-refractivity contribution in [3.05, 3.63) is 35.4 Å². The molecule has 100 valence electrons. The molecule has 1 aromatic rings. The van der Waals surface area contributed by atoms with Gasteiger partial charge in [0, 0.05) is 12.6 Å².